The quantitative estimate of drug-likeness (QED) is 0.317. The lowest BCUT2D eigenvalue weighted by atomic mass is 9.69. The van der Waals surface area contributed by atoms with E-state index < -0.39 is 12.2 Å². The van der Waals surface area contributed by atoms with Crippen LogP contribution >= 0.6 is 0 Å². The zero-order valence-electron chi connectivity index (χ0n) is 31.7. The second kappa shape index (κ2) is 10.9. The molecular formula is C37H73FN6. The van der Waals surface area contributed by atoms with Crippen molar-refractivity contribution >= 4 is 0 Å². The number of hydrogen-bond acceptors (Lipinski definition) is 6. The highest BCUT2D eigenvalue weighted by molar-refractivity contribution is 5.29. The fraction of sp³-hybridized carbons (Fsp3) is 1.00. The van der Waals surface area contributed by atoms with Crippen molar-refractivity contribution in [3.05, 3.63) is 0 Å². The van der Waals surface area contributed by atoms with E-state index in [9.17, 15) is 0 Å². The van der Waals surface area contributed by atoms with Gasteiger partial charge in [0.05, 0.1) is 6.04 Å². The van der Waals surface area contributed by atoms with Gasteiger partial charge in [0.1, 0.15) is 6.17 Å². The van der Waals surface area contributed by atoms with E-state index in [2.05, 4.69) is 125 Å². The zero-order valence-corrected chi connectivity index (χ0v) is 31.7. The summed E-state index contributed by atoms with van der Waals surface area (Å²) < 4.78 is 15.1. The van der Waals surface area contributed by atoms with Gasteiger partial charge in [-0.15, -0.1) is 0 Å². The molecule has 0 radical (unpaired) electrons. The number of hydrogen-bond donors (Lipinski definition) is 3. The molecule has 4 rings (SSSR count). The number of nitrogens with zero attached hydrogens (tertiary/aromatic N) is 3. The van der Waals surface area contributed by atoms with E-state index in [4.69, 9.17) is 17.2 Å². The van der Waals surface area contributed by atoms with Crippen LogP contribution in [0.2, 0.25) is 0 Å². The second-order valence-corrected chi connectivity index (χ2v) is 20.9. The lowest BCUT2D eigenvalue weighted by Gasteiger charge is -2.54. The molecule has 5 unspecified atom stereocenters. The third-order valence-electron chi connectivity index (χ3n) is 12.3. The van der Waals surface area contributed by atoms with Crippen LogP contribution in [0.15, 0.2) is 0 Å². The Bertz CT molecular complexity index is 1050. The van der Waals surface area contributed by atoms with Crippen LogP contribution in [0.5, 0.6) is 0 Å². The van der Waals surface area contributed by atoms with Gasteiger partial charge in [0.25, 0.3) is 0 Å². The first-order valence-corrected chi connectivity index (χ1v) is 17.8. The Morgan fingerprint density at radius 3 is 1.75 bits per heavy atom. The van der Waals surface area contributed by atoms with Crippen LogP contribution in [-0.4, -0.2) is 91.9 Å². The van der Waals surface area contributed by atoms with Gasteiger partial charge >= 0.3 is 0 Å². The molecule has 0 bridgehead atoms. The van der Waals surface area contributed by atoms with E-state index >= 15 is 4.39 Å². The van der Waals surface area contributed by atoms with Crippen molar-refractivity contribution in [3.63, 3.8) is 0 Å². The first-order chi connectivity index (χ1) is 19.5. The van der Waals surface area contributed by atoms with E-state index in [-0.39, 0.29) is 62.6 Å². The summed E-state index contributed by atoms with van der Waals surface area (Å²) in [4.78, 5) is 7.90. The van der Waals surface area contributed by atoms with E-state index in [1.807, 2.05) is 0 Å². The van der Waals surface area contributed by atoms with Gasteiger partial charge in [-0.3, -0.25) is 14.7 Å². The van der Waals surface area contributed by atoms with Crippen LogP contribution in [0.3, 0.4) is 0 Å². The van der Waals surface area contributed by atoms with Crippen LogP contribution in [0.25, 0.3) is 0 Å². The van der Waals surface area contributed by atoms with Crippen LogP contribution < -0.4 is 17.2 Å². The fourth-order valence-electron chi connectivity index (χ4n) is 11.5. The van der Waals surface area contributed by atoms with Crippen molar-refractivity contribution < 1.29 is 4.39 Å². The van der Waals surface area contributed by atoms with Gasteiger partial charge in [-0.1, -0.05) is 48.5 Å². The van der Waals surface area contributed by atoms with Gasteiger partial charge in [-0.05, 0) is 110 Å². The summed E-state index contributed by atoms with van der Waals surface area (Å²) in [5.74, 6) is 0.521. The van der Waals surface area contributed by atoms with Crippen molar-refractivity contribution in [1.82, 2.24) is 14.7 Å². The molecule has 4 fully saturated rings. The molecule has 0 aromatic heterocycles. The summed E-state index contributed by atoms with van der Waals surface area (Å²) in [5, 5.41) is 0. The maximum absolute atomic E-state index is 15.1. The van der Waals surface area contributed by atoms with Crippen molar-refractivity contribution in [2.75, 3.05) is 6.54 Å². The molecule has 10 atom stereocenters. The lowest BCUT2D eigenvalue weighted by molar-refractivity contribution is -0.0486. The Morgan fingerprint density at radius 1 is 0.773 bits per heavy atom. The van der Waals surface area contributed by atoms with Crippen LogP contribution in [0.1, 0.15) is 136 Å². The van der Waals surface area contributed by atoms with Crippen molar-refractivity contribution in [2.24, 2.45) is 39.4 Å². The Labute approximate surface area is 271 Å². The number of rotatable bonds is 7. The number of alkyl halides is 1. The average Bonchev–Trinajstić information content (AvgIpc) is 3.08. The normalized spacial score (nSPS) is 41.7. The molecule has 0 spiro atoms. The summed E-state index contributed by atoms with van der Waals surface area (Å²) in [6, 6.07) is 1.02. The highest BCUT2D eigenvalue weighted by Gasteiger charge is 2.72. The smallest absolute Gasteiger partial charge is 0.129 e. The predicted molar refractivity (Wildman–Crippen MR) is 185 cm³/mol. The molecule has 4 aliphatic rings. The van der Waals surface area contributed by atoms with Crippen molar-refractivity contribution in [1.29, 1.82) is 0 Å². The van der Waals surface area contributed by atoms with E-state index in [1.165, 1.54) is 0 Å². The predicted octanol–water partition coefficient (Wildman–Crippen LogP) is 6.15. The SMILES string of the molecule is CC(C)N1C[C@H](F)[C@H](N)C1C(C)(C)CC1C[C@@](C)(N)C(C(C)(C)CC2[C@H]3C[C@@]3(N)C(C(C)(C)C)N2C(C)(C)C)N1C(C)(C)C. The number of nitrogens with two attached hydrogens (primary N) is 3. The maximum Gasteiger partial charge on any atom is 0.129 e. The topological polar surface area (TPSA) is 87.8 Å². The summed E-state index contributed by atoms with van der Waals surface area (Å²) in [6.07, 6.45) is 3.07. The third-order valence-corrected chi connectivity index (χ3v) is 12.3. The molecular weight excluding hydrogens is 547 g/mol. The summed E-state index contributed by atoms with van der Waals surface area (Å²) in [7, 11) is 0. The van der Waals surface area contributed by atoms with Gasteiger partial charge in [0.15, 0.2) is 0 Å². The van der Waals surface area contributed by atoms with Gasteiger partial charge < -0.3 is 17.2 Å². The highest BCUT2D eigenvalue weighted by atomic mass is 19.1. The Balaban J connectivity index is 1.69. The molecule has 6 N–H and O–H groups in total. The number of fused-ring (bicyclic) bond motifs is 1. The zero-order chi connectivity index (χ0) is 34.0. The summed E-state index contributed by atoms with van der Waals surface area (Å²) >= 11 is 0. The summed E-state index contributed by atoms with van der Waals surface area (Å²) in [6.45, 7) is 38.0. The molecule has 1 saturated carbocycles. The highest BCUT2D eigenvalue weighted by Crippen LogP contribution is 2.64. The molecule has 44 heavy (non-hydrogen) atoms. The molecule has 6 nitrogen and oxygen atoms in total. The minimum absolute atomic E-state index is 0.00360. The molecule has 3 aliphatic heterocycles. The number of halogens is 1. The van der Waals surface area contributed by atoms with E-state index in [0.717, 1.165) is 25.7 Å². The largest absolute Gasteiger partial charge is 0.324 e. The Morgan fingerprint density at radius 2 is 1.30 bits per heavy atom. The first kappa shape index (κ1) is 36.5. The first-order valence-electron chi connectivity index (χ1n) is 17.8. The second-order valence-electron chi connectivity index (χ2n) is 20.9. The molecule has 3 heterocycles. The van der Waals surface area contributed by atoms with Gasteiger partial charge in [0.2, 0.25) is 0 Å². The fourth-order valence-corrected chi connectivity index (χ4v) is 11.5. The molecule has 7 heteroatoms. The number of likely N-dealkylation sites (tertiary alicyclic amines) is 3. The summed E-state index contributed by atoms with van der Waals surface area (Å²) in [5.41, 5.74) is 20.7. The standard InChI is InChI=1S/C37H73FN6/c1-22(2)42-21-25(38)27(39)28(42)34(12,13)17-23-18-36(16,40)30(43(23)32(6,7)8)35(14,15)20-26-24-19-37(24,41)29(31(3,4)5)44(26)33(9,10)11/h22-30H,17-21,39-41H2,1-16H3/t23?,24-,25+,26?,27+,28?,29?,30?,36-,37+/m1/s1. The monoisotopic (exact) mass is 621 g/mol. The van der Waals surface area contributed by atoms with Crippen LogP contribution in [0, 0.1) is 22.2 Å². The molecule has 258 valence electrons. The molecule has 0 aromatic rings. The Hall–Kier alpha value is -0.310. The van der Waals surface area contributed by atoms with Gasteiger partial charge in [0, 0.05) is 65.0 Å². The number of piperidine rings is 1. The van der Waals surface area contributed by atoms with Crippen molar-refractivity contribution in [2.45, 2.75) is 207 Å². The van der Waals surface area contributed by atoms with E-state index in [0.29, 0.717) is 24.5 Å². The van der Waals surface area contributed by atoms with Crippen LogP contribution in [0.4, 0.5) is 4.39 Å². The molecule has 0 aromatic carbocycles. The minimum Gasteiger partial charge on any atom is -0.324 e. The lowest BCUT2D eigenvalue weighted by Crippen LogP contribution is -2.64. The minimum atomic E-state index is -0.985. The molecule has 3 saturated heterocycles. The van der Waals surface area contributed by atoms with Gasteiger partial charge in [-0.2, -0.15) is 0 Å². The average molecular weight is 621 g/mol. The van der Waals surface area contributed by atoms with Crippen molar-refractivity contribution in [3.8, 4) is 0 Å². The molecule has 0 amide bonds. The molecule has 1 aliphatic carbocycles. The third kappa shape index (κ3) is 6.18. The van der Waals surface area contributed by atoms with E-state index in [1.54, 1.807) is 0 Å². The van der Waals surface area contributed by atoms with Crippen LogP contribution in [-0.2, 0) is 0 Å². The maximum atomic E-state index is 15.1. The van der Waals surface area contributed by atoms with Gasteiger partial charge in [-0.25, -0.2) is 4.39 Å². The Kier molecular flexibility index (Phi) is 9.01.